The van der Waals surface area contributed by atoms with E-state index in [1.54, 1.807) is 6.07 Å². The highest BCUT2D eigenvalue weighted by atomic mass is 35.5. The second-order valence-electron chi connectivity index (χ2n) is 6.76. The third kappa shape index (κ3) is 6.23. The van der Waals surface area contributed by atoms with Crippen molar-refractivity contribution in [2.45, 2.75) is 33.6 Å². The Morgan fingerprint density at radius 1 is 1.23 bits per heavy atom. The van der Waals surface area contributed by atoms with Crippen molar-refractivity contribution in [2.24, 2.45) is 10.2 Å². The van der Waals surface area contributed by atoms with Crippen molar-refractivity contribution in [2.75, 3.05) is 23.3 Å². The zero-order chi connectivity index (χ0) is 23.0. The number of nitrogens with one attached hydrogen (secondary N) is 1. The SMILES string of the molecule is CCCN(CCC)c1ccc(N=Nc2c(Cl)cc([N+](=O)[O-])cc2C#N)c(NC(C)=O)c1. The largest absolute Gasteiger partial charge is 0.371 e. The van der Waals surface area contributed by atoms with E-state index in [2.05, 4.69) is 34.3 Å². The molecule has 0 unspecified atom stereocenters. The lowest BCUT2D eigenvalue weighted by atomic mass is 10.2. The lowest BCUT2D eigenvalue weighted by Gasteiger charge is -2.24. The highest BCUT2D eigenvalue weighted by Gasteiger charge is 2.16. The number of carbonyl (C=O) groups excluding carboxylic acids is 1. The first-order chi connectivity index (χ1) is 14.8. The summed E-state index contributed by atoms with van der Waals surface area (Å²) in [7, 11) is 0. The van der Waals surface area contributed by atoms with E-state index in [1.165, 1.54) is 6.92 Å². The summed E-state index contributed by atoms with van der Waals surface area (Å²) in [6, 6.07) is 9.47. The topological polar surface area (TPSA) is 124 Å². The summed E-state index contributed by atoms with van der Waals surface area (Å²) in [4.78, 5) is 24.3. The number of benzene rings is 2. The summed E-state index contributed by atoms with van der Waals surface area (Å²) in [6.45, 7) is 7.34. The van der Waals surface area contributed by atoms with Gasteiger partial charge in [0.1, 0.15) is 17.4 Å². The van der Waals surface area contributed by atoms with E-state index in [0.29, 0.717) is 11.4 Å². The number of non-ortho nitro benzene ring substituents is 1. The Morgan fingerprint density at radius 2 is 1.90 bits per heavy atom. The zero-order valence-corrected chi connectivity index (χ0v) is 18.3. The lowest BCUT2D eigenvalue weighted by molar-refractivity contribution is -0.384. The third-order valence-corrected chi connectivity index (χ3v) is 4.57. The van der Waals surface area contributed by atoms with Gasteiger partial charge >= 0.3 is 0 Å². The average molecular weight is 443 g/mol. The Hall–Kier alpha value is -3.51. The molecule has 0 bridgehead atoms. The molecule has 0 aliphatic rings. The Kier molecular flexibility index (Phi) is 8.46. The molecule has 162 valence electrons. The molecule has 0 saturated heterocycles. The molecule has 0 atom stereocenters. The van der Waals surface area contributed by atoms with Crippen LogP contribution in [0.25, 0.3) is 0 Å². The molecule has 1 amide bonds. The monoisotopic (exact) mass is 442 g/mol. The van der Waals surface area contributed by atoms with E-state index in [-0.39, 0.29) is 27.9 Å². The first-order valence-electron chi connectivity index (χ1n) is 9.77. The number of rotatable bonds is 9. The molecule has 1 N–H and O–H groups in total. The molecule has 0 spiro atoms. The number of amides is 1. The molecule has 0 aliphatic heterocycles. The first kappa shape index (κ1) is 23.8. The number of nitro benzene ring substituents is 1. The predicted octanol–water partition coefficient (Wildman–Crippen LogP) is 6.12. The van der Waals surface area contributed by atoms with Crippen LogP contribution in [0.2, 0.25) is 5.02 Å². The number of carbonyl (C=O) groups is 1. The van der Waals surface area contributed by atoms with Gasteiger partial charge in [0, 0.05) is 37.8 Å². The standard InChI is InChI=1S/C21H23ClN6O3/c1-4-8-27(9-5-2)16-6-7-19(20(12-16)24-14(3)29)25-26-21-15(13-23)10-17(28(30)31)11-18(21)22/h6-7,10-12H,4-5,8-9H2,1-3H3,(H,24,29). The van der Waals surface area contributed by atoms with E-state index in [1.807, 2.05) is 18.2 Å². The van der Waals surface area contributed by atoms with Gasteiger partial charge in [-0.1, -0.05) is 25.4 Å². The lowest BCUT2D eigenvalue weighted by Crippen LogP contribution is -2.24. The van der Waals surface area contributed by atoms with Gasteiger partial charge in [-0.25, -0.2) is 0 Å². The van der Waals surface area contributed by atoms with Crippen LogP contribution < -0.4 is 10.2 Å². The van der Waals surface area contributed by atoms with Crippen LogP contribution in [0.1, 0.15) is 39.2 Å². The molecule has 0 saturated carbocycles. The van der Waals surface area contributed by atoms with Gasteiger partial charge in [-0.3, -0.25) is 14.9 Å². The van der Waals surface area contributed by atoms with Crippen LogP contribution in [0.4, 0.5) is 28.4 Å². The number of halogens is 1. The molecule has 0 fully saturated rings. The maximum atomic E-state index is 11.7. The third-order valence-electron chi connectivity index (χ3n) is 4.28. The molecule has 9 nitrogen and oxygen atoms in total. The number of anilines is 2. The molecule has 2 rings (SSSR count). The van der Waals surface area contributed by atoms with Crippen molar-refractivity contribution in [1.29, 1.82) is 5.26 Å². The minimum atomic E-state index is -0.639. The minimum Gasteiger partial charge on any atom is -0.371 e. The Labute approximate surface area is 185 Å². The maximum absolute atomic E-state index is 11.7. The summed E-state index contributed by atoms with van der Waals surface area (Å²) in [6.07, 6.45) is 1.96. The van der Waals surface area contributed by atoms with Crippen LogP contribution in [0.3, 0.4) is 0 Å². The second kappa shape index (κ2) is 11.0. The van der Waals surface area contributed by atoms with Crippen LogP contribution in [-0.2, 0) is 4.79 Å². The number of nitrogens with zero attached hydrogens (tertiary/aromatic N) is 5. The Balaban J connectivity index is 2.49. The molecule has 31 heavy (non-hydrogen) atoms. The van der Waals surface area contributed by atoms with E-state index in [4.69, 9.17) is 11.6 Å². The van der Waals surface area contributed by atoms with Crippen LogP contribution in [0.15, 0.2) is 40.6 Å². The molecule has 2 aromatic carbocycles. The Morgan fingerprint density at radius 3 is 2.45 bits per heavy atom. The van der Waals surface area contributed by atoms with Crippen molar-refractivity contribution in [3.05, 3.63) is 51.0 Å². The molecule has 0 aromatic heterocycles. The molecular formula is C21H23ClN6O3. The van der Waals surface area contributed by atoms with Gasteiger partial charge in [0.15, 0.2) is 0 Å². The van der Waals surface area contributed by atoms with Gasteiger partial charge in [0.2, 0.25) is 5.91 Å². The number of hydrogen-bond donors (Lipinski definition) is 1. The normalized spacial score (nSPS) is 10.7. The fourth-order valence-electron chi connectivity index (χ4n) is 2.99. The summed E-state index contributed by atoms with van der Waals surface area (Å²) in [5.74, 6) is -0.266. The van der Waals surface area contributed by atoms with E-state index < -0.39 is 4.92 Å². The first-order valence-corrected chi connectivity index (χ1v) is 10.1. The molecule has 0 aliphatic carbocycles. The van der Waals surface area contributed by atoms with Gasteiger partial charge in [-0.2, -0.15) is 5.26 Å². The van der Waals surface area contributed by atoms with Crippen molar-refractivity contribution < 1.29 is 9.72 Å². The van der Waals surface area contributed by atoms with Gasteiger partial charge in [-0.15, -0.1) is 10.2 Å². The Bertz CT molecular complexity index is 1040. The molecule has 2 aromatic rings. The van der Waals surface area contributed by atoms with Crippen molar-refractivity contribution in [3.63, 3.8) is 0 Å². The smallest absolute Gasteiger partial charge is 0.272 e. The fourth-order valence-corrected chi connectivity index (χ4v) is 3.24. The second-order valence-corrected chi connectivity index (χ2v) is 7.17. The molecule has 10 heteroatoms. The van der Waals surface area contributed by atoms with Crippen LogP contribution >= 0.6 is 11.6 Å². The maximum Gasteiger partial charge on any atom is 0.272 e. The molecule has 0 radical (unpaired) electrons. The van der Waals surface area contributed by atoms with Crippen LogP contribution in [0, 0.1) is 21.4 Å². The van der Waals surface area contributed by atoms with E-state index in [9.17, 15) is 20.2 Å². The number of nitro groups is 1. The quantitative estimate of drug-likeness (QED) is 0.284. The van der Waals surface area contributed by atoms with Gasteiger partial charge in [0.25, 0.3) is 5.69 Å². The average Bonchev–Trinajstić information content (AvgIpc) is 2.72. The van der Waals surface area contributed by atoms with Crippen LogP contribution in [-0.4, -0.2) is 23.9 Å². The highest BCUT2D eigenvalue weighted by molar-refractivity contribution is 6.33. The van der Waals surface area contributed by atoms with E-state index >= 15 is 0 Å². The predicted molar refractivity (Wildman–Crippen MR) is 121 cm³/mol. The summed E-state index contributed by atoms with van der Waals surface area (Å²) >= 11 is 6.10. The van der Waals surface area contributed by atoms with E-state index in [0.717, 1.165) is 43.8 Å². The zero-order valence-electron chi connectivity index (χ0n) is 17.6. The van der Waals surface area contributed by atoms with Gasteiger partial charge in [0.05, 0.1) is 21.2 Å². The number of azo groups is 1. The fraction of sp³-hybridized carbons (Fsp3) is 0.333. The summed E-state index contributed by atoms with van der Waals surface area (Å²) < 4.78 is 0. The van der Waals surface area contributed by atoms with Gasteiger partial charge in [-0.05, 0) is 31.0 Å². The summed E-state index contributed by atoms with van der Waals surface area (Å²) in [5.41, 5.74) is 1.41. The van der Waals surface area contributed by atoms with Crippen molar-refractivity contribution >= 4 is 45.9 Å². The van der Waals surface area contributed by atoms with Crippen molar-refractivity contribution in [3.8, 4) is 6.07 Å². The minimum absolute atomic E-state index is 0.0196. The summed E-state index contributed by atoms with van der Waals surface area (Å²) in [5, 5.41) is 31.2. The molecular weight excluding hydrogens is 420 g/mol. The highest BCUT2D eigenvalue weighted by Crippen LogP contribution is 2.36. The number of hydrogen-bond acceptors (Lipinski definition) is 7. The van der Waals surface area contributed by atoms with Crippen molar-refractivity contribution in [1.82, 2.24) is 0 Å². The van der Waals surface area contributed by atoms with Crippen LogP contribution in [0.5, 0.6) is 0 Å². The number of nitriles is 1. The molecule has 0 heterocycles. The van der Waals surface area contributed by atoms with Gasteiger partial charge < -0.3 is 10.2 Å².